The van der Waals surface area contributed by atoms with E-state index in [-0.39, 0.29) is 33.9 Å². The molecule has 39 heavy (non-hydrogen) atoms. The lowest BCUT2D eigenvalue weighted by Gasteiger charge is -2.19. The fraction of sp³-hybridized carbons (Fsp3) is 0.111. The number of carbonyl (C=O) groups is 1. The molecule has 1 unspecified atom stereocenters. The third-order valence-corrected chi connectivity index (χ3v) is 6.13. The molecule has 3 N–H and O–H groups in total. The van der Waals surface area contributed by atoms with Crippen molar-refractivity contribution in [3.05, 3.63) is 101 Å². The number of amides is 1. The molecule has 1 atom stereocenters. The molecule has 1 aromatic carbocycles. The van der Waals surface area contributed by atoms with Crippen LogP contribution in [0.1, 0.15) is 40.3 Å². The molecular weight excluding hydrogens is 498 g/mol. The average Bonchev–Trinajstić information content (AvgIpc) is 3.67. The number of imidazole rings is 1. The van der Waals surface area contributed by atoms with Gasteiger partial charge in [0.1, 0.15) is 35.2 Å². The van der Waals surface area contributed by atoms with Gasteiger partial charge in [-0.25, -0.2) is 9.97 Å². The lowest BCUT2D eigenvalue weighted by molar-refractivity contribution is 0.0939. The van der Waals surface area contributed by atoms with Gasteiger partial charge in [-0.3, -0.25) is 23.2 Å². The van der Waals surface area contributed by atoms with Crippen molar-refractivity contribution in [2.45, 2.75) is 13.0 Å². The molecule has 0 aliphatic rings. The number of rotatable bonds is 4. The number of aryl methyl sites for hydroxylation is 1. The summed E-state index contributed by atoms with van der Waals surface area (Å²) >= 11 is 0. The molecule has 0 aliphatic carbocycles. The number of furan rings is 1. The van der Waals surface area contributed by atoms with Crippen molar-refractivity contribution in [1.29, 1.82) is 0 Å². The Balaban J connectivity index is 1.46. The van der Waals surface area contributed by atoms with E-state index in [1.807, 2.05) is 18.2 Å². The Morgan fingerprint density at radius 3 is 2.77 bits per heavy atom. The summed E-state index contributed by atoms with van der Waals surface area (Å²) in [6, 6.07) is 8.28. The van der Waals surface area contributed by atoms with Crippen LogP contribution >= 0.6 is 0 Å². The lowest BCUT2D eigenvalue weighted by Crippen LogP contribution is -2.34. The van der Waals surface area contributed by atoms with Crippen molar-refractivity contribution >= 4 is 28.5 Å². The highest BCUT2D eigenvalue weighted by Crippen LogP contribution is 2.22. The molecule has 6 rings (SSSR count). The van der Waals surface area contributed by atoms with Gasteiger partial charge in [0.2, 0.25) is 5.71 Å². The molecule has 0 spiro atoms. The van der Waals surface area contributed by atoms with Gasteiger partial charge in [0.25, 0.3) is 11.5 Å². The van der Waals surface area contributed by atoms with Gasteiger partial charge in [-0.15, -0.1) is 0 Å². The molecule has 0 bridgehead atoms. The second-order valence-corrected chi connectivity index (χ2v) is 8.79. The molecule has 0 radical (unpaired) electrons. The normalized spacial score (nSPS) is 11.8. The topological polar surface area (TPSA) is 151 Å². The highest BCUT2D eigenvalue weighted by atomic mass is 16.3. The number of hydrogen-bond acceptors (Lipinski definition) is 8. The van der Waals surface area contributed by atoms with Crippen LogP contribution in [-0.4, -0.2) is 39.6 Å². The average molecular weight is 520 g/mol. The van der Waals surface area contributed by atoms with E-state index >= 15 is 0 Å². The second kappa shape index (κ2) is 9.31. The largest absolute Gasteiger partial charge is 0.445 e. The van der Waals surface area contributed by atoms with Crippen molar-refractivity contribution in [3.63, 3.8) is 0 Å². The number of nitrogens with one attached hydrogen (secondary N) is 1. The van der Waals surface area contributed by atoms with Gasteiger partial charge < -0.3 is 15.5 Å². The Morgan fingerprint density at radius 1 is 1.18 bits per heavy atom. The number of nitrogens with zero attached hydrogens (tertiary/aromatic N) is 7. The number of nitrogen functional groups attached to an aromatic ring is 1. The van der Waals surface area contributed by atoms with E-state index in [0.717, 1.165) is 0 Å². The van der Waals surface area contributed by atoms with Crippen LogP contribution in [0, 0.1) is 11.8 Å². The monoisotopic (exact) mass is 519 g/mol. The van der Waals surface area contributed by atoms with Gasteiger partial charge in [0.15, 0.2) is 5.65 Å². The summed E-state index contributed by atoms with van der Waals surface area (Å²) in [7, 11) is 1.79. The van der Waals surface area contributed by atoms with Crippen LogP contribution in [0.5, 0.6) is 0 Å². The first-order valence-electron chi connectivity index (χ1n) is 11.9. The van der Waals surface area contributed by atoms with Crippen molar-refractivity contribution in [2.24, 2.45) is 7.05 Å². The number of aromatic nitrogens is 7. The summed E-state index contributed by atoms with van der Waals surface area (Å²) in [5.41, 5.74) is 7.88. The molecule has 0 saturated carbocycles. The maximum atomic E-state index is 13.9. The van der Waals surface area contributed by atoms with Crippen molar-refractivity contribution < 1.29 is 9.21 Å². The Kier molecular flexibility index (Phi) is 5.65. The molecule has 5 aromatic heterocycles. The molecule has 12 nitrogen and oxygen atoms in total. The zero-order valence-corrected chi connectivity index (χ0v) is 20.9. The molecular formula is C27H21N9O3. The van der Waals surface area contributed by atoms with Gasteiger partial charge in [-0.1, -0.05) is 30.0 Å². The number of fused-ring (bicyclic) bond motifs is 2. The first-order chi connectivity index (χ1) is 18.9. The highest BCUT2D eigenvalue weighted by Gasteiger charge is 2.25. The minimum absolute atomic E-state index is 0.0325. The predicted octanol–water partition coefficient (Wildman–Crippen LogP) is 2.23. The summed E-state index contributed by atoms with van der Waals surface area (Å²) in [6.07, 6.45) is 9.48. The summed E-state index contributed by atoms with van der Waals surface area (Å²) in [6.45, 7) is 1.71. The third-order valence-electron chi connectivity index (χ3n) is 6.13. The summed E-state index contributed by atoms with van der Waals surface area (Å²) in [5.74, 6) is 5.76. The fourth-order valence-electron chi connectivity index (χ4n) is 4.30. The van der Waals surface area contributed by atoms with Gasteiger partial charge >= 0.3 is 0 Å². The molecule has 0 fully saturated rings. The molecule has 5 heterocycles. The maximum Gasteiger partial charge on any atom is 0.270 e. The molecule has 6 aromatic rings. The summed E-state index contributed by atoms with van der Waals surface area (Å²) < 4.78 is 10.3. The van der Waals surface area contributed by atoms with Crippen molar-refractivity contribution in [3.8, 4) is 17.5 Å². The standard InChI is InChI=1S/C27H21N9O3/c1-16(32-25(37)21-22(28)30-15-35-11-10-29-24(21)35)23-33-26-20(27(38)36(23)19-6-4-3-5-7-19)18(14-39-26)9-8-17-12-31-34(2)13-17/h3-7,10-16H,28H2,1-2H3,(H,32,37). The number of hydrogen-bond donors (Lipinski definition) is 2. The molecule has 192 valence electrons. The highest BCUT2D eigenvalue weighted by molar-refractivity contribution is 6.04. The number of para-hydroxylation sites is 1. The van der Waals surface area contributed by atoms with Gasteiger partial charge in [0.05, 0.1) is 29.1 Å². The van der Waals surface area contributed by atoms with E-state index in [1.54, 1.807) is 60.0 Å². The number of benzene rings is 1. The minimum Gasteiger partial charge on any atom is -0.445 e. The fourth-order valence-corrected chi connectivity index (χ4v) is 4.30. The summed E-state index contributed by atoms with van der Waals surface area (Å²) in [4.78, 5) is 40.2. The molecule has 1 amide bonds. The van der Waals surface area contributed by atoms with E-state index in [4.69, 9.17) is 10.2 Å². The Bertz CT molecular complexity index is 1990. The van der Waals surface area contributed by atoms with E-state index in [9.17, 15) is 9.59 Å². The molecule has 0 saturated heterocycles. The van der Waals surface area contributed by atoms with Crippen LogP contribution in [0.3, 0.4) is 0 Å². The van der Waals surface area contributed by atoms with E-state index in [2.05, 4.69) is 37.2 Å². The first kappa shape index (κ1) is 23.7. The van der Waals surface area contributed by atoms with Crippen molar-refractivity contribution in [2.75, 3.05) is 5.73 Å². The van der Waals surface area contributed by atoms with E-state index in [1.165, 1.54) is 17.2 Å². The number of nitrogens with two attached hydrogens (primary N) is 1. The zero-order chi connectivity index (χ0) is 27.1. The molecule has 0 aliphatic heterocycles. The van der Waals surface area contributed by atoms with Crippen LogP contribution in [0.15, 0.2) is 76.9 Å². The Morgan fingerprint density at radius 2 is 2.00 bits per heavy atom. The van der Waals surface area contributed by atoms with Crippen LogP contribution in [0.2, 0.25) is 0 Å². The molecule has 12 heteroatoms. The summed E-state index contributed by atoms with van der Waals surface area (Å²) in [5, 5.41) is 7.22. The smallest absolute Gasteiger partial charge is 0.270 e. The van der Waals surface area contributed by atoms with Gasteiger partial charge in [-0.2, -0.15) is 10.1 Å². The maximum absolute atomic E-state index is 13.9. The quantitative estimate of drug-likeness (QED) is 0.337. The van der Waals surface area contributed by atoms with E-state index in [0.29, 0.717) is 22.5 Å². The van der Waals surface area contributed by atoms with Crippen LogP contribution < -0.4 is 16.6 Å². The van der Waals surface area contributed by atoms with E-state index < -0.39 is 11.9 Å². The first-order valence-corrected chi connectivity index (χ1v) is 11.9. The van der Waals surface area contributed by atoms with Crippen molar-refractivity contribution in [1.82, 2.24) is 39.0 Å². The Hall–Kier alpha value is -5.70. The van der Waals surface area contributed by atoms with Crippen LogP contribution in [-0.2, 0) is 7.05 Å². The van der Waals surface area contributed by atoms with Crippen LogP contribution in [0.25, 0.3) is 22.4 Å². The van der Waals surface area contributed by atoms with Gasteiger partial charge in [-0.05, 0) is 19.1 Å². The van der Waals surface area contributed by atoms with Crippen LogP contribution in [0.4, 0.5) is 5.82 Å². The predicted molar refractivity (Wildman–Crippen MR) is 142 cm³/mol. The number of anilines is 1. The third kappa shape index (κ3) is 4.17. The lowest BCUT2D eigenvalue weighted by atomic mass is 10.2. The second-order valence-electron chi connectivity index (χ2n) is 8.79. The van der Waals surface area contributed by atoms with Gasteiger partial charge in [0, 0.05) is 25.6 Å². The minimum atomic E-state index is -0.737. The Labute approximate surface area is 220 Å². The number of carbonyl (C=O) groups excluding carboxylic acids is 1. The SMILES string of the molecule is CC(NC(=O)c1c(N)ncn2ccnc12)c1nc2occ(C#Cc3cnn(C)c3)c2c(=O)n1-c1ccccc1. The zero-order valence-electron chi connectivity index (χ0n) is 20.9.